The number of H-pyrrole nitrogens is 1. The lowest BCUT2D eigenvalue weighted by molar-refractivity contribution is -0.142. The Morgan fingerprint density at radius 1 is 1.03 bits per heavy atom. The number of hydrogen-bond acceptors (Lipinski definition) is 5. The summed E-state index contributed by atoms with van der Waals surface area (Å²) in [6.07, 6.45) is 1.79. The maximum absolute atomic E-state index is 12.6. The second kappa shape index (κ2) is 10.6. The SMILES string of the molecule is CC(C)[C@H](NC(=O)CN)C(=O)N[C@@H](C)C(=O)N[C@@H](Cc1c[nH]c2ccccc12)C(=O)O. The molecule has 0 radical (unpaired) electrons. The topological polar surface area (TPSA) is 166 Å². The first kappa shape index (κ1) is 23.9. The van der Waals surface area contributed by atoms with Crippen molar-refractivity contribution in [3.05, 3.63) is 36.0 Å². The molecule has 0 fully saturated rings. The molecule has 2 aromatic rings. The molecule has 0 saturated carbocycles. The fourth-order valence-corrected chi connectivity index (χ4v) is 3.15. The number of aromatic nitrogens is 1. The number of aliphatic carboxylic acids is 1. The number of rotatable bonds is 10. The third-order valence-corrected chi connectivity index (χ3v) is 4.92. The summed E-state index contributed by atoms with van der Waals surface area (Å²) in [5.74, 6) is -3.11. The molecule has 168 valence electrons. The number of fused-ring (bicyclic) bond motifs is 1. The summed E-state index contributed by atoms with van der Waals surface area (Å²) < 4.78 is 0. The molecule has 0 unspecified atom stereocenters. The van der Waals surface area contributed by atoms with Crippen LogP contribution in [0, 0.1) is 5.92 Å². The van der Waals surface area contributed by atoms with Gasteiger partial charge in [0.05, 0.1) is 6.54 Å². The van der Waals surface area contributed by atoms with Gasteiger partial charge < -0.3 is 31.8 Å². The summed E-state index contributed by atoms with van der Waals surface area (Å²) in [4.78, 5) is 51.4. The van der Waals surface area contributed by atoms with Crippen molar-refractivity contribution in [1.82, 2.24) is 20.9 Å². The van der Waals surface area contributed by atoms with E-state index in [2.05, 4.69) is 20.9 Å². The number of carboxylic acids is 1. The first-order valence-corrected chi connectivity index (χ1v) is 10.0. The highest BCUT2D eigenvalue weighted by atomic mass is 16.4. The van der Waals surface area contributed by atoms with Gasteiger partial charge in [-0.2, -0.15) is 0 Å². The van der Waals surface area contributed by atoms with Crippen LogP contribution in [0.2, 0.25) is 0 Å². The lowest BCUT2D eigenvalue weighted by Gasteiger charge is -2.24. The van der Waals surface area contributed by atoms with Gasteiger partial charge in [0.15, 0.2) is 0 Å². The van der Waals surface area contributed by atoms with Crippen molar-refractivity contribution in [1.29, 1.82) is 0 Å². The number of carbonyl (C=O) groups excluding carboxylic acids is 3. The zero-order valence-electron chi connectivity index (χ0n) is 17.8. The van der Waals surface area contributed by atoms with Crippen LogP contribution in [0.3, 0.4) is 0 Å². The van der Waals surface area contributed by atoms with E-state index < -0.39 is 41.8 Å². The first-order valence-electron chi connectivity index (χ1n) is 10.0. The van der Waals surface area contributed by atoms with Gasteiger partial charge in [-0.15, -0.1) is 0 Å². The van der Waals surface area contributed by atoms with Crippen LogP contribution in [0.15, 0.2) is 30.5 Å². The van der Waals surface area contributed by atoms with Crippen molar-refractivity contribution in [2.45, 2.75) is 45.3 Å². The molecule has 1 aromatic carbocycles. The van der Waals surface area contributed by atoms with E-state index >= 15 is 0 Å². The van der Waals surface area contributed by atoms with E-state index in [9.17, 15) is 24.3 Å². The summed E-state index contributed by atoms with van der Waals surface area (Å²) >= 11 is 0. The predicted molar refractivity (Wildman–Crippen MR) is 115 cm³/mol. The van der Waals surface area contributed by atoms with Gasteiger partial charge in [0, 0.05) is 23.5 Å². The highest BCUT2D eigenvalue weighted by molar-refractivity contribution is 5.93. The number of amides is 3. The van der Waals surface area contributed by atoms with Gasteiger partial charge in [0.2, 0.25) is 17.7 Å². The number of benzene rings is 1. The molecular formula is C21H29N5O5. The molecule has 0 aliphatic rings. The molecule has 0 spiro atoms. The summed E-state index contributed by atoms with van der Waals surface area (Å²) in [7, 11) is 0. The maximum atomic E-state index is 12.6. The molecule has 3 atom stereocenters. The number of hydrogen-bond donors (Lipinski definition) is 6. The molecular weight excluding hydrogens is 402 g/mol. The summed E-state index contributed by atoms with van der Waals surface area (Å²) in [6.45, 7) is 4.67. The molecule has 2 rings (SSSR count). The van der Waals surface area contributed by atoms with E-state index in [0.717, 1.165) is 16.5 Å². The van der Waals surface area contributed by atoms with E-state index in [0.29, 0.717) is 0 Å². The molecule has 31 heavy (non-hydrogen) atoms. The minimum Gasteiger partial charge on any atom is -0.480 e. The molecule has 0 aliphatic carbocycles. The van der Waals surface area contributed by atoms with Gasteiger partial charge in [-0.3, -0.25) is 14.4 Å². The molecule has 0 bridgehead atoms. The van der Waals surface area contributed by atoms with Gasteiger partial charge in [-0.1, -0.05) is 32.0 Å². The lowest BCUT2D eigenvalue weighted by atomic mass is 10.0. The molecule has 3 amide bonds. The van der Waals surface area contributed by atoms with Crippen LogP contribution in [0.25, 0.3) is 10.9 Å². The van der Waals surface area contributed by atoms with Crippen LogP contribution in [-0.2, 0) is 25.6 Å². The van der Waals surface area contributed by atoms with Crippen molar-refractivity contribution in [3.63, 3.8) is 0 Å². The van der Waals surface area contributed by atoms with Crippen molar-refractivity contribution < 1.29 is 24.3 Å². The Bertz CT molecular complexity index is 955. The average molecular weight is 431 g/mol. The monoisotopic (exact) mass is 431 g/mol. The Kier molecular flexibility index (Phi) is 8.14. The molecule has 1 aromatic heterocycles. The fourth-order valence-electron chi connectivity index (χ4n) is 3.15. The molecule has 10 heteroatoms. The van der Waals surface area contributed by atoms with Crippen molar-refractivity contribution in [3.8, 4) is 0 Å². The van der Waals surface area contributed by atoms with Gasteiger partial charge in [0.1, 0.15) is 18.1 Å². The summed E-state index contributed by atoms with van der Waals surface area (Å²) in [6, 6.07) is 4.40. The normalized spacial score (nSPS) is 14.0. The van der Waals surface area contributed by atoms with Crippen molar-refractivity contribution in [2.24, 2.45) is 11.7 Å². The second-order valence-corrected chi connectivity index (χ2v) is 7.69. The summed E-state index contributed by atoms with van der Waals surface area (Å²) in [5.41, 5.74) is 6.90. The Morgan fingerprint density at radius 3 is 2.32 bits per heavy atom. The Labute approximate surface area is 179 Å². The number of aromatic amines is 1. The van der Waals surface area contributed by atoms with Crippen LogP contribution < -0.4 is 21.7 Å². The van der Waals surface area contributed by atoms with E-state index in [1.807, 2.05) is 24.3 Å². The fraction of sp³-hybridized carbons (Fsp3) is 0.429. The van der Waals surface area contributed by atoms with Gasteiger partial charge >= 0.3 is 5.97 Å². The van der Waals surface area contributed by atoms with Crippen molar-refractivity contribution >= 4 is 34.6 Å². The number of para-hydroxylation sites is 1. The average Bonchev–Trinajstić information content (AvgIpc) is 3.13. The van der Waals surface area contributed by atoms with Gasteiger partial charge in [-0.25, -0.2) is 4.79 Å². The van der Waals surface area contributed by atoms with E-state index in [1.165, 1.54) is 6.92 Å². The first-order chi connectivity index (χ1) is 14.6. The lowest BCUT2D eigenvalue weighted by Crippen LogP contribution is -2.56. The third-order valence-electron chi connectivity index (χ3n) is 4.92. The van der Waals surface area contributed by atoms with E-state index in [1.54, 1.807) is 20.0 Å². The number of nitrogens with two attached hydrogens (primary N) is 1. The molecule has 0 aliphatic heterocycles. The third kappa shape index (κ3) is 6.29. The quantitative estimate of drug-likeness (QED) is 0.307. The van der Waals surface area contributed by atoms with Crippen LogP contribution in [0.5, 0.6) is 0 Å². The Morgan fingerprint density at radius 2 is 1.71 bits per heavy atom. The molecule has 10 nitrogen and oxygen atoms in total. The van der Waals surface area contributed by atoms with Crippen LogP contribution in [-0.4, -0.2) is 58.5 Å². The van der Waals surface area contributed by atoms with Crippen LogP contribution in [0.4, 0.5) is 0 Å². The minimum atomic E-state index is -1.19. The van der Waals surface area contributed by atoms with Gasteiger partial charge in [-0.05, 0) is 24.5 Å². The smallest absolute Gasteiger partial charge is 0.326 e. The molecule has 0 saturated heterocycles. The summed E-state index contributed by atoms with van der Waals surface area (Å²) in [5, 5.41) is 17.9. The van der Waals surface area contributed by atoms with Crippen LogP contribution >= 0.6 is 0 Å². The standard InChI is InChI=1S/C21H29N5O5/c1-11(2)18(26-17(27)9-22)20(29)24-12(3)19(28)25-16(21(30)31)8-13-10-23-15-7-5-4-6-14(13)15/h4-7,10-12,16,18,23H,8-9,22H2,1-3H3,(H,24,29)(H,25,28)(H,26,27)(H,30,31)/t12-,16-,18-/m0/s1. The van der Waals surface area contributed by atoms with E-state index in [4.69, 9.17) is 5.73 Å². The largest absolute Gasteiger partial charge is 0.480 e. The van der Waals surface area contributed by atoms with Crippen molar-refractivity contribution in [2.75, 3.05) is 6.54 Å². The predicted octanol–water partition coefficient (Wildman–Crippen LogP) is -0.116. The maximum Gasteiger partial charge on any atom is 0.326 e. The molecule has 7 N–H and O–H groups in total. The Balaban J connectivity index is 2.03. The zero-order chi connectivity index (χ0) is 23.1. The zero-order valence-corrected chi connectivity index (χ0v) is 17.8. The molecule has 1 heterocycles. The Hall–Kier alpha value is -3.40. The minimum absolute atomic E-state index is 0.0763. The number of nitrogens with one attached hydrogen (secondary N) is 4. The second-order valence-electron chi connectivity index (χ2n) is 7.69. The van der Waals surface area contributed by atoms with Gasteiger partial charge in [0.25, 0.3) is 0 Å². The number of carbonyl (C=O) groups is 4. The highest BCUT2D eigenvalue weighted by Gasteiger charge is 2.29. The highest BCUT2D eigenvalue weighted by Crippen LogP contribution is 2.19. The number of carboxylic acid groups (broad SMARTS) is 1. The van der Waals surface area contributed by atoms with E-state index in [-0.39, 0.29) is 18.9 Å². The van der Waals surface area contributed by atoms with Crippen LogP contribution in [0.1, 0.15) is 26.3 Å².